The van der Waals surface area contributed by atoms with Gasteiger partial charge in [0.25, 0.3) is 5.82 Å². The molecule has 3 heterocycles. The van der Waals surface area contributed by atoms with Crippen molar-refractivity contribution in [3.05, 3.63) is 77.6 Å². The van der Waals surface area contributed by atoms with Gasteiger partial charge in [-0.05, 0) is 47.5 Å². The van der Waals surface area contributed by atoms with Crippen molar-refractivity contribution in [2.75, 3.05) is 5.32 Å². The van der Waals surface area contributed by atoms with Crippen molar-refractivity contribution in [1.29, 1.82) is 0 Å². The first-order valence-corrected chi connectivity index (χ1v) is 7.60. The molecule has 0 saturated heterocycles. The Balaban J connectivity index is 1.83. The monoisotopic (exact) mass is 361 g/mol. The predicted octanol–water partition coefficient (Wildman–Crippen LogP) is 3.89. The average Bonchev–Trinajstić information content (AvgIpc) is 3.07. The fraction of sp³-hybridized carbons (Fsp3) is 0.118. The highest BCUT2D eigenvalue weighted by Gasteiger charge is 2.39. The minimum atomic E-state index is -4.67. The number of halogens is 4. The second kappa shape index (κ2) is 5.94. The van der Waals surface area contributed by atoms with Gasteiger partial charge >= 0.3 is 6.18 Å². The highest BCUT2D eigenvalue weighted by Crippen LogP contribution is 2.35. The zero-order chi connectivity index (χ0) is 18.3. The van der Waals surface area contributed by atoms with E-state index in [4.69, 9.17) is 0 Å². The molecule has 1 aliphatic heterocycles. The first-order valence-electron chi connectivity index (χ1n) is 7.60. The van der Waals surface area contributed by atoms with E-state index < -0.39 is 23.9 Å². The van der Waals surface area contributed by atoms with Crippen LogP contribution in [0.4, 0.5) is 23.5 Å². The summed E-state index contributed by atoms with van der Waals surface area (Å²) in [4.78, 5) is 7.59. The minimum absolute atomic E-state index is 0.0481. The molecule has 0 fully saturated rings. The first kappa shape index (κ1) is 16.2. The summed E-state index contributed by atoms with van der Waals surface area (Å²) in [6.45, 7) is 0. The van der Waals surface area contributed by atoms with Crippen molar-refractivity contribution in [3.63, 3.8) is 0 Å². The maximum atomic E-state index is 13.2. The van der Waals surface area contributed by atoms with Gasteiger partial charge in [0.05, 0.1) is 0 Å². The number of benzene rings is 1. The third-order valence-electron chi connectivity index (χ3n) is 3.90. The Hall–Kier alpha value is -3.23. The lowest BCUT2D eigenvalue weighted by Gasteiger charge is -2.24. The number of fused-ring (bicyclic) bond motifs is 1. The van der Waals surface area contributed by atoms with Gasteiger partial charge in [-0.3, -0.25) is 4.98 Å². The van der Waals surface area contributed by atoms with E-state index in [2.05, 4.69) is 20.4 Å². The second-order valence-corrected chi connectivity index (χ2v) is 5.64. The molecule has 1 N–H and O–H groups in total. The number of hydrogen-bond acceptors (Lipinski definition) is 4. The van der Waals surface area contributed by atoms with Gasteiger partial charge in [0.1, 0.15) is 11.9 Å². The number of allylic oxidation sites excluding steroid dienone is 1. The van der Waals surface area contributed by atoms with Crippen LogP contribution < -0.4 is 5.32 Å². The first-order chi connectivity index (χ1) is 12.4. The van der Waals surface area contributed by atoms with Crippen LogP contribution in [0.1, 0.15) is 23.0 Å². The number of pyridine rings is 1. The third-order valence-corrected chi connectivity index (χ3v) is 3.90. The van der Waals surface area contributed by atoms with Gasteiger partial charge in [-0.2, -0.15) is 18.2 Å². The standard InChI is InChI=1S/C17H11F4N5/c18-12-5-3-10(4-6-12)13-8-14(11-2-1-7-22-9-11)26-16(23-13)24-15(25-26)17(19,20)21/h1-9,14H,(H,23,24,25)/t14-/m1/s1. The van der Waals surface area contributed by atoms with Gasteiger partial charge in [-0.25, -0.2) is 9.07 Å². The molecule has 0 spiro atoms. The molecule has 132 valence electrons. The van der Waals surface area contributed by atoms with Crippen molar-refractivity contribution in [2.24, 2.45) is 0 Å². The van der Waals surface area contributed by atoms with E-state index in [1.165, 1.54) is 24.3 Å². The Morgan fingerprint density at radius 1 is 1.08 bits per heavy atom. The Morgan fingerprint density at radius 2 is 1.85 bits per heavy atom. The molecule has 0 bridgehead atoms. The molecule has 5 nitrogen and oxygen atoms in total. The van der Waals surface area contributed by atoms with Gasteiger partial charge in [-0.1, -0.05) is 6.07 Å². The highest BCUT2D eigenvalue weighted by molar-refractivity contribution is 5.77. The summed E-state index contributed by atoms with van der Waals surface area (Å²) in [5.41, 5.74) is 1.77. The Kier molecular flexibility index (Phi) is 3.71. The van der Waals surface area contributed by atoms with Crippen molar-refractivity contribution in [2.45, 2.75) is 12.2 Å². The van der Waals surface area contributed by atoms with Gasteiger partial charge in [0, 0.05) is 18.1 Å². The number of rotatable bonds is 2. The largest absolute Gasteiger partial charge is 0.453 e. The van der Waals surface area contributed by atoms with Gasteiger partial charge in [0.2, 0.25) is 5.95 Å². The Morgan fingerprint density at radius 3 is 2.50 bits per heavy atom. The van der Waals surface area contributed by atoms with Crippen LogP contribution in [0.25, 0.3) is 5.70 Å². The maximum absolute atomic E-state index is 13.2. The summed E-state index contributed by atoms with van der Waals surface area (Å²) >= 11 is 0. The lowest BCUT2D eigenvalue weighted by Crippen LogP contribution is -2.20. The van der Waals surface area contributed by atoms with E-state index in [0.717, 1.165) is 4.68 Å². The molecule has 0 unspecified atom stereocenters. The van der Waals surface area contributed by atoms with E-state index >= 15 is 0 Å². The third kappa shape index (κ3) is 2.92. The lowest BCUT2D eigenvalue weighted by atomic mass is 10.0. The van der Waals surface area contributed by atoms with E-state index in [1.807, 2.05) is 0 Å². The normalized spacial score (nSPS) is 16.6. The summed E-state index contributed by atoms with van der Waals surface area (Å²) in [6.07, 6.45) is 0.152. The number of nitrogens with zero attached hydrogens (tertiary/aromatic N) is 4. The molecule has 0 radical (unpaired) electrons. The van der Waals surface area contributed by atoms with Crippen LogP contribution in [-0.4, -0.2) is 19.7 Å². The summed E-state index contributed by atoms with van der Waals surface area (Å²) in [5.74, 6) is -1.69. The number of anilines is 1. The molecule has 3 aromatic rings. The zero-order valence-electron chi connectivity index (χ0n) is 13.1. The molecule has 0 aliphatic carbocycles. The van der Waals surface area contributed by atoms with Crippen LogP contribution in [0.3, 0.4) is 0 Å². The molecule has 1 atom stereocenters. The van der Waals surface area contributed by atoms with Crippen LogP contribution in [-0.2, 0) is 6.18 Å². The van der Waals surface area contributed by atoms with Crippen LogP contribution in [0.15, 0.2) is 54.9 Å². The minimum Gasteiger partial charge on any atom is -0.324 e. The molecule has 9 heteroatoms. The van der Waals surface area contributed by atoms with Gasteiger partial charge in [-0.15, -0.1) is 5.10 Å². The fourth-order valence-electron chi connectivity index (χ4n) is 2.70. The predicted molar refractivity (Wildman–Crippen MR) is 85.4 cm³/mol. The number of aromatic nitrogens is 4. The molecular weight excluding hydrogens is 350 g/mol. The van der Waals surface area contributed by atoms with E-state index in [-0.39, 0.29) is 5.95 Å². The SMILES string of the molecule is Fc1ccc(C2=C[C@H](c3cccnc3)n3nc(C(F)(F)F)nc3N2)cc1. The van der Waals surface area contributed by atoms with Crippen LogP contribution >= 0.6 is 0 Å². The molecule has 1 aliphatic rings. The lowest BCUT2D eigenvalue weighted by molar-refractivity contribution is -0.145. The van der Waals surface area contributed by atoms with E-state index in [1.54, 1.807) is 30.6 Å². The molecule has 0 amide bonds. The van der Waals surface area contributed by atoms with Gasteiger partial charge in [0.15, 0.2) is 0 Å². The maximum Gasteiger partial charge on any atom is 0.453 e. The van der Waals surface area contributed by atoms with Crippen molar-refractivity contribution in [1.82, 2.24) is 19.7 Å². The van der Waals surface area contributed by atoms with Crippen LogP contribution in [0, 0.1) is 5.82 Å². The summed E-state index contributed by atoms with van der Waals surface area (Å²) in [5, 5.41) is 6.44. The fourth-order valence-corrected chi connectivity index (χ4v) is 2.70. The molecule has 2 aromatic heterocycles. The molecule has 26 heavy (non-hydrogen) atoms. The molecule has 1 aromatic carbocycles. The summed E-state index contributed by atoms with van der Waals surface area (Å²) in [7, 11) is 0. The smallest absolute Gasteiger partial charge is 0.324 e. The quantitative estimate of drug-likeness (QED) is 0.704. The van der Waals surface area contributed by atoms with E-state index in [9.17, 15) is 17.6 Å². The highest BCUT2D eigenvalue weighted by atomic mass is 19.4. The molecule has 4 rings (SSSR count). The van der Waals surface area contributed by atoms with Crippen LogP contribution in [0.2, 0.25) is 0 Å². The van der Waals surface area contributed by atoms with E-state index in [0.29, 0.717) is 16.8 Å². The van der Waals surface area contributed by atoms with Crippen molar-refractivity contribution >= 4 is 11.6 Å². The summed E-state index contributed by atoms with van der Waals surface area (Å²) < 4.78 is 53.4. The van der Waals surface area contributed by atoms with Crippen LogP contribution in [0.5, 0.6) is 0 Å². The number of alkyl halides is 3. The number of hydrogen-bond donors (Lipinski definition) is 1. The Labute approximate surface area is 145 Å². The summed E-state index contributed by atoms with van der Waals surface area (Å²) in [6, 6.07) is 8.40. The molecule has 0 saturated carbocycles. The van der Waals surface area contributed by atoms with Gasteiger partial charge < -0.3 is 5.32 Å². The van der Waals surface area contributed by atoms with Crippen molar-refractivity contribution in [3.8, 4) is 0 Å². The van der Waals surface area contributed by atoms with Crippen molar-refractivity contribution < 1.29 is 17.6 Å². The second-order valence-electron chi connectivity index (χ2n) is 5.64. The Bertz CT molecular complexity index is 961. The topological polar surface area (TPSA) is 55.6 Å². The number of nitrogens with one attached hydrogen (secondary N) is 1. The zero-order valence-corrected chi connectivity index (χ0v) is 13.1. The molecular formula is C17H11F4N5. The average molecular weight is 361 g/mol.